The van der Waals surface area contributed by atoms with E-state index in [0.717, 1.165) is 63.2 Å². The molecule has 164 valence electrons. The fraction of sp³-hybridized carbons (Fsp3) is 0.545. The van der Waals surface area contributed by atoms with E-state index in [9.17, 15) is 14.9 Å². The standard InChI is InChI=1S/C22H27N5O2S2/c1-14-16(12-18-21(29)27(22(30)31-18)15-6-4-5-7-15)19(25(3)20(28)17(14)13-23)26-10-8-24(2)9-11-26/h12,15H,4-11H2,1-3H3/b18-12-. The first-order valence-electron chi connectivity index (χ1n) is 10.7. The molecule has 3 heterocycles. The van der Waals surface area contributed by atoms with Crippen LogP contribution in [0.15, 0.2) is 9.70 Å². The van der Waals surface area contributed by atoms with E-state index in [4.69, 9.17) is 12.2 Å². The van der Waals surface area contributed by atoms with Gasteiger partial charge in [-0.15, -0.1) is 0 Å². The summed E-state index contributed by atoms with van der Waals surface area (Å²) in [6.45, 7) is 5.12. The number of hydrogen-bond acceptors (Lipinski definition) is 7. The highest BCUT2D eigenvalue weighted by Gasteiger charge is 2.38. The number of amides is 1. The van der Waals surface area contributed by atoms with E-state index < -0.39 is 0 Å². The highest BCUT2D eigenvalue weighted by Crippen LogP contribution is 2.39. The monoisotopic (exact) mass is 457 g/mol. The van der Waals surface area contributed by atoms with Gasteiger partial charge in [0.1, 0.15) is 21.8 Å². The van der Waals surface area contributed by atoms with E-state index in [2.05, 4.69) is 22.9 Å². The third-order valence-electron chi connectivity index (χ3n) is 6.56. The molecule has 0 N–H and O–H groups in total. The number of nitriles is 1. The quantitative estimate of drug-likeness (QED) is 0.510. The number of piperazine rings is 1. The van der Waals surface area contributed by atoms with Gasteiger partial charge in [-0.2, -0.15) is 5.26 Å². The van der Waals surface area contributed by atoms with Crippen molar-refractivity contribution in [3.63, 3.8) is 0 Å². The third-order valence-corrected chi connectivity index (χ3v) is 7.89. The van der Waals surface area contributed by atoms with Crippen molar-refractivity contribution in [1.82, 2.24) is 14.4 Å². The predicted octanol–water partition coefficient (Wildman–Crippen LogP) is 2.46. The average molecular weight is 458 g/mol. The fourth-order valence-corrected chi connectivity index (χ4v) is 6.08. The van der Waals surface area contributed by atoms with Gasteiger partial charge in [0.2, 0.25) is 0 Å². The lowest BCUT2D eigenvalue weighted by atomic mass is 10.0. The first-order chi connectivity index (χ1) is 14.8. The fourth-order valence-electron chi connectivity index (χ4n) is 4.70. The number of nitrogens with zero attached hydrogens (tertiary/aromatic N) is 5. The molecule has 3 aliphatic rings. The van der Waals surface area contributed by atoms with Gasteiger partial charge < -0.3 is 9.80 Å². The molecule has 4 rings (SSSR count). The molecule has 9 heteroatoms. The van der Waals surface area contributed by atoms with Gasteiger partial charge in [0.15, 0.2) is 0 Å². The van der Waals surface area contributed by atoms with Crippen LogP contribution in [0.5, 0.6) is 0 Å². The molecule has 1 aromatic heterocycles. The van der Waals surface area contributed by atoms with Crippen LogP contribution in [0, 0.1) is 18.3 Å². The summed E-state index contributed by atoms with van der Waals surface area (Å²) in [7, 11) is 3.78. The van der Waals surface area contributed by atoms with Crippen molar-refractivity contribution in [3.8, 4) is 6.07 Å². The molecule has 0 unspecified atom stereocenters. The van der Waals surface area contributed by atoms with Crippen molar-refractivity contribution in [2.75, 3.05) is 38.1 Å². The molecule has 7 nitrogen and oxygen atoms in total. The second-order valence-corrected chi connectivity index (χ2v) is 10.2. The molecule has 0 aromatic carbocycles. The zero-order valence-corrected chi connectivity index (χ0v) is 19.8. The molecule has 31 heavy (non-hydrogen) atoms. The number of carbonyl (C=O) groups excluding carboxylic acids is 1. The smallest absolute Gasteiger partial charge is 0.270 e. The van der Waals surface area contributed by atoms with E-state index in [1.54, 1.807) is 23.4 Å². The van der Waals surface area contributed by atoms with Gasteiger partial charge >= 0.3 is 0 Å². The summed E-state index contributed by atoms with van der Waals surface area (Å²) in [6.07, 6.45) is 6.07. The van der Waals surface area contributed by atoms with Crippen LogP contribution in [0.3, 0.4) is 0 Å². The largest absolute Gasteiger partial charge is 0.355 e. The molecule has 2 aliphatic heterocycles. The maximum atomic E-state index is 13.3. The Hall–Kier alpha value is -2.15. The van der Waals surface area contributed by atoms with Gasteiger partial charge in [0, 0.05) is 44.8 Å². The lowest BCUT2D eigenvalue weighted by molar-refractivity contribution is -0.123. The number of carbonyl (C=O) groups is 1. The Balaban J connectivity index is 1.81. The molecule has 0 spiro atoms. The van der Waals surface area contributed by atoms with Crippen LogP contribution in [0.4, 0.5) is 5.82 Å². The topological polar surface area (TPSA) is 72.6 Å². The average Bonchev–Trinajstić information content (AvgIpc) is 3.36. The summed E-state index contributed by atoms with van der Waals surface area (Å²) in [5, 5.41) is 9.62. The number of thioether (sulfide) groups is 1. The summed E-state index contributed by atoms with van der Waals surface area (Å²) in [5.74, 6) is 0.707. The number of thiocarbonyl (C=S) groups is 1. The highest BCUT2D eigenvalue weighted by atomic mass is 32.2. The summed E-state index contributed by atoms with van der Waals surface area (Å²) < 4.78 is 2.16. The Bertz CT molecular complexity index is 1060. The van der Waals surface area contributed by atoms with Crippen molar-refractivity contribution >= 4 is 46.1 Å². The summed E-state index contributed by atoms with van der Waals surface area (Å²) in [6, 6.07) is 2.25. The number of anilines is 1. The molecular weight excluding hydrogens is 430 g/mol. The van der Waals surface area contributed by atoms with E-state index in [1.807, 2.05) is 6.08 Å². The second-order valence-electron chi connectivity index (χ2n) is 8.49. The molecule has 2 saturated heterocycles. The van der Waals surface area contributed by atoms with Crippen LogP contribution in [0.1, 0.15) is 42.4 Å². The van der Waals surface area contributed by atoms with Gasteiger partial charge in [0.05, 0.1) is 4.91 Å². The van der Waals surface area contributed by atoms with E-state index >= 15 is 0 Å². The van der Waals surface area contributed by atoms with Crippen LogP contribution in [0.2, 0.25) is 0 Å². The first kappa shape index (κ1) is 22.1. The lowest BCUT2D eigenvalue weighted by Crippen LogP contribution is -2.46. The zero-order valence-electron chi connectivity index (χ0n) is 18.2. The van der Waals surface area contributed by atoms with Crippen molar-refractivity contribution < 1.29 is 4.79 Å². The van der Waals surface area contributed by atoms with Crippen LogP contribution >= 0.6 is 24.0 Å². The number of pyridine rings is 1. The Morgan fingerprint density at radius 2 is 1.77 bits per heavy atom. The van der Waals surface area contributed by atoms with Gasteiger partial charge in [-0.1, -0.05) is 36.8 Å². The molecule has 0 bridgehead atoms. The minimum atomic E-state index is -0.301. The molecule has 1 aliphatic carbocycles. The molecule has 1 saturated carbocycles. The Morgan fingerprint density at radius 3 is 2.39 bits per heavy atom. The van der Waals surface area contributed by atoms with Crippen LogP contribution < -0.4 is 10.5 Å². The van der Waals surface area contributed by atoms with Crippen molar-refractivity contribution in [1.29, 1.82) is 5.26 Å². The van der Waals surface area contributed by atoms with E-state index in [-0.39, 0.29) is 23.1 Å². The SMILES string of the molecule is Cc1c(/C=C2\SC(=S)N(C3CCCC3)C2=O)c(N2CCN(C)CC2)n(C)c(=O)c1C#N. The highest BCUT2D eigenvalue weighted by molar-refractivity contribution is 8.26. The van der Waals surface area contributed by atoms with E-state index in [1.165, 1.54) is 11.8 Å². The third kappa shape index (κ3) is 3.93. The molecule has 0 radical (unpaired) electrons. The van der Waals surface area contributed by atoms with Crippen LogP contribution in [-0.2, 0) is 11.8 Å². The summed E-state index contributed by atoms with van der Waals surface area (Å²) >= 11 is 6.87. The number of likely N-dealkylation sites (N-methyl/N-ethyl adjacent to an activating group) is 1. The van der Waals surface area contributed by atoms with Gasteiger partial charge in [-0.05, 0) is 38.5 Å². The lowest BCUT2D eigenvalue weighted by Gasteiger charge is -2.36. The Morgan fingerprint density at radius 1 is 1.13 bits per heavy atom. The van der Waals surface area contributed by atoms with Gasteiger partial charge in [-0.3, -0.25) is 19.1 Å². The molecule has 0 atom stereocenters. The Labute approximate surface area is 192 Å². The van der Waals surface area contributed by atoms with E-state index in [0.29, 0.717) is 14.8 Å². The minimum absolute atomic E-state index is 0.0574. The predicted molar refractivity (Wildman–Crippen MR) is 128 cm³/mol. The maximum absolute atomic E-state index is 13.3. The number of aromatic nitrogens is 1. The van der Waals surface area contributed by atoms with Crippen molar-refractivity contribution in [2.45, 2.75) is 38.6 Å². The van der Waals surface area contributed by atoms with Crippen LogP contribution in [0.25, 0.3) is 6.08 Å². The van der Waals surface area contributed by atoms with Gasteiger partial charge in [0.25, 0.3) is 11.5 Å². The van der Waals surface area contributed by atoms with Crippen LogP contribution in [-0.4, -0.2) is 63.9 Å². The zero-order chi connectivity index (χ0) is 22.3. The second kappa shape index (κ2) is 8.77. The number of rotatable bonds is 3. The van der Waals surface area contributed by atoms with Gasteiger partial charge in [-0.25, -0.2) is 0 Å². The molecular formula is C22H27N5O2S2. The van der Waals surface area contributed by atoms with Crippen molar-refractivity contribution in [3.05, 3.63) is 31.9 Å². The first-order valence-corrected chi connectivity index (χ1v) is 11.9. The minimum Gasteiger partial charge on any atom is -0.355 e. The maximum Gasteiger partial charge on any atom is 0.270 e. The Kier molecular flexibility index (Phi) is 6.24. The summed E-state index contributed by atoms with van der Waals surface area (Å²) in [5.41, 5.74) is 1.20. The molecule has 1 aromatic rings. The summed E-state index contributed by atoms with van der Waals surface area (Å²) in [4.78, 5) is 32.9. The normalized spacial score (nSPS) is 22.1. The molecule has 3 fully saturated rings. The van der Waals surface area contributed by atoms with Crippen molar-refractivity contribution in [2.24, 2.45) is 7.05 Å². The number of hydrogen-bond donors (Lipinski definition) is 0. The molecule has 1 amide bonds.